The number of hydrogen-bond acceptors (Lipinski definition) is 6. The van der Waals surface area contributed by atoms with Gasteiger partial charge in [0, 0.05) is 0 Å². The summed E-state index contributed by atoms with van der Waals surface area (Å²) in [6.07, 6.45) is 1.27. The van der Waals surface area contributed by atoms with Crippen LogP contribution >= 0.6 is 11.6 Å². The van der Waals surface area contributed by atoms with Crippen molar-refractivity contribution in [1.82, 2.24) is 5.32 Å². The van der Waals surface area contributed by atoms with Gasteiger partial charge in [0.1, 0.15) is 10.5 Å². The monoisotopic (exact) mass is 524 g/mol. The molecule has 10 heteroatoms. The van der Waals surface area contributed by atoms with E-state index in [2.05, 4.69) is 5.32 Å². The van der Waals surface area contributed by atoms with Gasteiger partial charge >= 0.3 is 16.1 Å². The molecule has 0 unspecified atom stereocenters. The molecule has 3 aromatic carbocycles. The van der Waals surface area contributed by atoms with E-state index in [4.69, 9.17) is 15.8 Å². The van der Waals surface area contributed by atoms with Gasteiger partial charge in [-0.15, -0.1) is 0 Å². The molecule has 36 heavy (non-hydrogen) atoms. The number of hydrogen-bond donors (Lipinski definition) is 1. The molecule has 1 heterocycles. The third kappa shape index (κ3) is 5.02. The third-order valence-corrected chi connectivity index (χ3v) is 7.01. The first-order chi connectivity index (χ1) is 17.0. The van der Waals surface area contributed by atoms with Crippen LogP contribution in [0.25, 0.3) is 6.08 Å². The van der Waals surface area contributed by atoms with Crippen molar-refractivity contribution in [2.24, 2.45) is 0 Å². The van der Waals surface area contributed by atoms with Crippen molar-refractivity contribution in [3.05, 3.63) is 93.5 Å². The molecule has 3 aromatic rings. The van der Waals surface area contributed by atoms with Crippen LogP contribution in [0, 0.1) is 20.8 Å². The van der Waals surface area contributed by atoms with Gasteiger partial charge in [-0.3, -0.25) is 14.9 Å². The summed E-state index contributed by atoms with van der Waals surface area (Å²) < 4.78 is 30.3. The summed E-state index contributed by atoms with van der Waals surface area (Å²) in [6.45, 7) is 5.47. The number of aryl methyl sites for hydroxylation is 3. The molecule has 184 valence electrons. The zero-order valence-corrected chi connectivity index (χ0v) is 21.1. The Morgan fingerprint density at radius 2 is 1.56 bits per heavy atom. The van der Waals surface area contributed by atoms with E-state index in [0.29, 0.717) is 16.8 Å². The van der Waals surface area contributed by atoms with E-state index in [9.17, 15) is 22.8 Å². The molecule has 1 aliphatic rings. The highest BCUT2D eigenvalue weighted by molar-refractivity contribution is 7.87. The Labute approximate surface area is 213 Å². The van der Waals surface area contributed by atoms with E-state index in [1.807, 2.05) is 19.9 Å². The first kappa shape index (κ1) is 25.2. The van der Waals surface area contributed by atoms with Crippen LogP contribution in [-0.2, 0) is 19.7 Å². The van der Waals surface area contributed by atoms with E-state index in [1.165, 1.54) is 36.4 Å². The molecule has 0 aliphatic carbocycles. The molecule has 0 bridgehead atoms. The van der Waals surface area contributed by atoms with E-state index in [0.717, 1.165) is 16.0 Å². The van der Waals surface area contributed by atoms with Crippen LogP contribution in [0.1, 0.15) is 22.3 Å². The average Bonchev–Trinajstić information content (AvgIpc) is 2.80. The van der Waals surface area contributed by atoms with Gasteiger partial charge in [-0.1, -0.05) is 53.1 Å². The van der Waals surface area contributed by atoms with Crippen molar-refractivity contribution in [1.29, 1.82) is 0 Å². The number of nitrogens with zero attached hydrogens (tertiary/aromatic N) is 1. The fourth-order valence-electron chi connectivity index (χ4n) is 3.64. The number of anilines is 1. The number of urea groups is 1. The lowest BCUT2D eigenvalue weighted by Gasteiger charge is -2.27. The number of amides is 4. The number of imide groups is 2. The fourth-order valence-corrected chi connectivity index (χ4v) is 4.87. The Bertz CT molecular complexity index is 1550. The molecule has 1 saturated heterocycles. The van der Waals surface area contributed by atoms with Crippen LogP contribution in [-0.4, -0.2) is 26.3 Å². The van der Waals surface area contributed by atoms with Crippen LogP contribution < -0.4 is 14.4 Å². The maximum Gasteiger partial charge on any atom is 0.339 e. The minimum Gasteiger partial charge on any atom is -0.377 e. The highest BCUT2D eigenvalue weighted by Gasteiger charge is 2.37. The Hall–Kier alpha value is -3.95. The summed E-state index contributed by atoms with van der Waals surface area (Å²) in [6, 6.07) is 14.6. The molecule has 0 atom stereocenters. The minimum absolute atomic E-state index is 0.0315. The molecule has 0 radical (unpaired) electrons. The molecule has 0 spiro atoms. The number of halogens is 1. The summed E-state index contributed by atoms with van der Waals surface area (Å²) in [4.78, 5) is 39.0. The number of nitrogens with one attached hydrogen (secondary N) is 1. The molecule has 1 fully saturated rings. The van der Waals surface area contributed by atoms with Crippen LogP contribution in [0.2, 0.25) is 5.02 Å². The maximum atomic E-state index is 13.1. The maximum absolute atomic E-state index is 13.1. The second-order valence-corrected chi connectivity index (χ2v) is 10.2. The molecule has 1 aliphatic heterocycles. The van der Waals surface area contributed by atoms with Gasteiger partial charge in [0.25, 0.3) is 11.8 Å². The second-order valence-electron chi connectivity index (χ2n) is 8.29. The normalized spacial score (nSPS) is 15.3. The number of carbonyl (C=O) groups excluding carboxylic acids is 3. The highest BCUT2D eigenvalue weighted by atomic mass is 35.5. The molecule has 1 N–H and O–H groups in total. The molecule has 4 rings (SSSR count). The molecule has 4 amide bonds. The lowest BCUT2D eigenvalue weighted by molar-refractivity contribution is -0.122. The minimum atomic E-state index is -4.12. The third-order valence-electron chi connectivity index (χ3n) is 5.47. The van der Waals surface area contributed by atoms with Gasteiger partial charge in [-0.25, -0.2) is 9.69 Å². The SMILES string of the molecule is Cc1ccc(S(=O)(=O)Oc2ccc(/C=C3\C(=O)NC(=O)N(c4ccc(C)cc4C)C3=O)cc2Cl)cc1. The summed E-state index contributed by atoms with van der Waals surface area (Å²) >= 11 is 6.25. The zero-order chi connectivity index (χ0) is 26.2. The van der Waals surface area contributed by atoms with E-state index >= 15 is 0 Å². The molecular formula is C26H21ClN2O6S. The van der Waals surface area contributed by atoms with E-state index < -0.39 is 28.0 Å². The van der Waals surface area contributed by atoms with Gasteiger partial charge in [0.15, 0.2) is 5.75 Å². The summed E-state index contributed by atoms with van der Waals surface area (Å²) in [7, 11) is -4.12. The average molecular weight is 525 g/mol. The standard InChI is InChI=1S/C26H21ClN2O6S/c1-15-4-8-19(9-5-15)36(33,34)35-23-11-7-18(14-21(23)27)13-20-24(30)28-26(32)29(25(20)31)22-10-6-16(2)12-17(22)3/h4-14H,1-3H3,(H,28,30,32)/b20-13+. The predicted octanol–water partition coefficient (Wildman–Crippen LogP) is 4.70. The quantitative estimate of drug-likeness (QED) is 0.294. The lowest BCUT2D eigenvalue weighted by Crippen LogP contribution is -2.54. The van der Waals surface area contributed by atoms with Crippen LogP contribution in [0.5, 0.6) is 5.75 Å². The van der Waals surface area contributed by atoms with Crippen molar-refractivity contribution < 1.29 is 27.0 Å². The smallest absolute Gasteiger partial charge is 0.339 e. The van der Waals surface area contributed by atoms with Gasteiger partial charge in [-0.05, 0) is 68.3 Å². The molecule has 8 nitrogen and oxygen atoms in total. The Kier molecular flexibility index (Phi) is 6.71. The van der Waals surface area contributed by atoms with Gasteiger partial charge in [-0.2, -0.15) is 8.42 Å². The van der Waals surface area contributed by atoms with Gasteiger partial charge in [0.05, 0.1) is 10.7 Å². The van der Waals surface area contributed by atoms with Gasteiger partial charge < -0.3 is 4.18 Å². The van der Waals surface area contributed by atoms with E-state index in [-0.39, 0.29) is 21.2 Å². The van der Waals surface area contributed by atoms with Crippen molar-refractivity contribution in [2.75, 3.05) is 4.90 Å². The number of carbonyl (C=O) groups is 3. The molecule has 0 saturated carbocycles. The molecule has 0 aromatic heterocycles. The van der Waals surface area contributed by atoms with E-state index in [1.54, 1.807) is 31.2 Å². The number of rotatable bonds is 5. The first-order valence-corrected chi connectivity index (χ1v) is 12.5. The van der Waals surface area contributed by atoms with Crippen molar-refractivity contribution >= 4 is 51.3 Å². The van der Waals surface area contributed by atoms with Gasteiger partial charge in [0.2, 0.25) is 0 Å². The topological polar surface area (TPSA) is 110 Å². The Morgan fingerprint density at radius 1 is 0.889 bits per heavy atom. The second kappa shape index (κ2) is 9.60. The summed E-state index contributed by atoms with van der Waals surface area (Å²) in [5.74, 6) is -1.77. The number of barbiturate groups is 1. The predicted molar refractivity (Wildman–Crippen MR) is 135 cm³/mol. The van der Waals surface area contributed by atoms with Crippen molar-refractivity contribution in [3.63, 3.8) is 0 Å². The van der Waals surface area contributed by atoms with Crippen LogP contribution in [0.15, 0.2) is 71.1 Å². The van der Waals surface area contributed by atoms with Crippen LogP contribution in [0.3, 0.4) is 0 Å². The zero-order valence-electron chi connectivity index (χ0n) is 19.5. The van der Waals surface area contributed by atoms with Crippen molar-refractivity contribution in [3.8, 4) is 5.75 Å². The molecular weight excluding hydrogens is 504 g/mol. The first-order valence-electron chi connectivity index (χ1n) is 10.8. The largest absolute Gasteiger partial charge is 0.377 e. The summed E-state index contributed by atoms with van der Waals surface area (Å²) in [5, 5.41) is 2.12. The Balaban J connectivity index is 1.63. The van der Waals surface area contributed by atoms with Crippen molar-refractivity contribution in [2.45, 2.75) is 25.7 Å². The summed E-state index contributed by atoms with van der Waals surface area (Å²) in [5.41, 5.74) is 2.92. The lowest BCUT2D eigenvalue weighted by atomic mass is 10.0. The fraction of sp³-hybridized carbons (Fsp3) is 0.115. The Morgan fingerprint density at radius 3 is 2.19 bits per heavy atom. The number of benzene rings is 3. The van der Waals surface area contributed by atoms with Crippen LogP contribution in [0.4, 0.5) is 10.5 Å². The highest BCUT2D eigenvalue weighted by Crippen LogP contribution is 2.31.